The number of aromatic nitrogens is 2. The summed E-state index contributed by atoms with van der Waals surface area (Å²) < 4.78 is 91.4. The number of rotatable bonds is 18. The summed E-state index contributed by atoms with van der Waals surface area (Å²) in [5, 5.41) is 61.1. The summed E-state index contributed by atoms with van der Waals surface area (Å²) in [5.41, 5.74) is 4.81. The van der Waals surface area contributed by atoms with Gasteiger partial charge in [-0.3, -0.25) is 29.0 Å². The average Bonchev–Trinajstić information content (AvgIpc) is 4.05. The molecular weight excluding hydrogens is 1210 g/mol. The van der Waals surface area contributed by atoms with Gasteiger partial charge in [0, 0.05) is 22.3 Å². The Morgan fingerprint density at radius 2 is 1.01 bits per heavy atom. The number of thiazole rings is 2. The van der Waals surface area contributed by atoms with Gasteiger partial charge in [-0.1, -0.05) is 10.3 Å². The first-order valence-corrected chi connectivity index (χ1v) is 26.7. The van der Waals surface area contributed by atoms with Crippen LogP contribution in [0.4, 0.5) is 36.6 Å². The highest BCUT2D eigenvalue weighted by Gasteiger charge is 2.56. The maximum absolute atomic E-state index is 12.9. The third-order valence-corrected chi connectivity index (χ3v) is 14.0. The first kappa shape index (κ1) is 67.9. The highest BCUT2D eigenvalue weighted by molar-refractivity contribution is 8.03. The van der Waals surface area contributed by atoms with Crippen LogP contribution >= 0.6 is 46.2 Å². The Kier molecular flexibility index (Phi) is 22.6. The Hall–Kier alpha value is -7.38. The molecule has 2 aromatic heterocycles. The normalized spacial score (nSPS) is 19.3. The SMILES string of the molecule is C[N+](C)(C)CC1=C(C(=O)O)N2C(=O)C(NC(=O)C(=NOCC(=O)O)c3csc(N)n3)C2CS1.C[N+](C)(C)CC1=C(C(=O)O)N2C(=O)C(NC(=O)C(=NOCC(=O)O)c3csc(N)n3)C2CS1.O=C([O-])C(F)(F)F.O=S(=O)([O-])C(F)(F)F. The van der Waals surface area contributed by atoms with E-state index in [-0.39, 0.29) is 44.5 Å². The maximum Gasteiger partial charge on any atom is 0.485 e. The summed E-state index contributed by atoms with van der Waals surface area (Å²) in [6, 6.07) is -3.08. The average molecular weight is 1260 g/mol. The molecular formula is C39H46F6N12O19S5. The van der Waals surface area contributed by atoms with Gasteiger partial charge in [-0.2, -0.15) is 26.3 Å². The number of anilines is 2. The molecule has 0 aromatic carbocycles. The van der Waals surface area contributed by atoms with E-state index in [1.54, 1.807) is 0 Å². The number of nitrogens with zero attached hydrogens (tertiary/aromatic N) is 8. The van der Waals surface area contributed by atoms with Crippen LogP contribution in [0.25, 0.3) is 0 Å². The molecule has 81 heavy (non-hydrogen) atoms. The number of aliphatic carboxylic acids is 5. The highest BCUT2D eigenvalue weighted by Crippen LogP contribution is 2.41. The van der Waals surface area contributed by atoms with Crippen molar-refractivity contribution in [1.29, 1.82) is 0 Å². The third kappa shape index (κ3) is 19.1. The van der Waals surface area contributed by atoms with Crippen molar-refractivity contribution < 1.29 is 127 Å². The summed E-state index contributed by atoms with van der Waals surface area (Å²) in [6.45, 7) is -0.702. The molecule has 0 aliphatic carbocycles. The number of nitrogens with one attached hydrogen (secondary N) is 2. The second-order valence-electron chi connectivity index (χ2n) is 18.2. The molecule has 4 aliphatic heterocycles. The van der Waals surface area contributed by atoms with Crippen LogP contribution in [0, 0.1) is 0 Å². The number of nitrogens with two attached hydrogens (primary N) is 2. The molecule has 4 unspecified atom stereocenters. The van der Waals surface area contributed by atoms with Crippen LogP contribution < -0.4 is 27.2 Å². The van der Waals surface area contributed by atoms with Crippen molar-refractivity contribution in [3.63, 3.8) is 0 Å². The minimum absolute atomic E-state index is 0.0541. The van der Waals surface area contributed by atoms with Crippen LogP contribution in [0.5, 0.6) is 0 Å². The summed E-state index contributed by atoms with van der Waals surface area (Å²) >= 11 is 4.75. The molecule has 6 rings (SSSR count). The van der Waals surface area contributed by atoms with Gasteiger partial charge in [0.1, 0.15) is 53.9 Å². The number of hydrogen-bond acceptors (Lipinski definition) is 25. The Bertz CT molecular complexity index is 2880. The Morgan fingerprint density at radius 1 is 0.704 bits per heavy atom. The minimum atomic E-state index is -6.09. The number of β-lactam (4-membered cyclic amide) rings is 2. The standard InChI is InChI=1S/2C18H22N6O7S2.C2HF3O2.CHF3O3S/c2*1-24(2,3)4-10-14(17(29)30)23-9(7-32-10)13(16(23)28)21-15(27)12(22-31-5-11(25)26)8-6-33-18(19)20-8;3-2(4,5)1(6)7;2-1(3,4)8(5,6)7/h2*6,9,13H,4-5,7H2,1-3H3,(H4-,19,20,21,25,26,27,29,30);(H,6,7);(H,5,6,7). The Labute approximate surface area is 467 Å². The van der Waals surface area contributed by atoms with Gasteiger partial charge in [0.2, 0.25) is 13.2 Å². The molecule has 4 atom stereocenters. The van der Waals surface area contributed by atoms with Gasteiger partial charge in [-0.25, -0.2) is 37.6 Å². The molecule has 0 bridgehead atoms. The zero-order chi connectivity index (χ0) is 62.1. The number of quaternary nitrogens is 2. The highest BCUT2D eigenvalue weighted by atomic mass is 32.2. The predicted octanol–water partition coefficient (Wildman–Crippen LogP) is -2.70. The molecule has 10 N–H and O–H groups in total. The molecule has 2 saturated heterocycles. The number of halogens is 6. The quantitative estimate of drug-likeness (QED) is 0.0143. The topological polar surface area (TPSA) is 466 Å². The van der Waals surface area contributed by atoms with Crippen molar-refractivity contribution in [2.75, 3.05) is 91.6 Å². The van der Waals surface area contributed by atoms with Gasteiger partial charge in [0.05, 0.1) is 64.2 Å². The number of fused-ring (bicyclic) bond motifs is 2. The first-order chi connectivity index (χ1) is 37.0. The molecule has 0 saturated carbocycles. The van der Waals surface area contributed by atoms with Gasteiger partial charge in [0.15, 0.2) is 31.8 Å². The molecule has 0 spiro atoms. The van der Waals surface area contributed by atoms with Crippen LogP contribution in [-0.2, 0) is 62.9 Å². The van der Waals surface area contributed by atoms with E-state index in [2.05, 4.69) is 40.6 Å². The number of oxime groups is 2. The number of thioether (sulfide) groups is 2. The molecule has 31 nitrogen and oxygen atoms in total. The lowest BCUT2D eigenvalue weighted by molar-refractivity contribution is -0.864. The minimum Gasteiger partial charge on any atom is -0.741 e. The summed E-state index contributed by atoms with van der Waals surface area (Å²) in [7, 11) is 5.40. The number of likely N-dealkylation sites (N-methyl/N-ethyl adjacent to an activating group) is 2. The summed E-state index contributed by atoms with van der Waals surface area (Å²) in [6.07, 6.45) is -5.19. The molecule has 42 heteroatoms. The number of carbonyl (C=O) groups is 9. The van der Waals surface area contributed by atoms with Crippen LogP contribution in [-0.4, -0.2) is 243 Å². The maximum atomic E-state index is 12.9. The number of carbonyl (C=O) groups excluding carboxylic acids is 5. The van der Waals surface area contributed by atoms with Crippen molar-refractivity contribution in [3.8, 4) is 0 Å². The van der Waals surface area contributed by atoms with Gasteiger partial charge in [-0.05, 0) is 0 Å². The zero-order valence-corrected chi connectivity index (χ0v) is 46.2. The van der Waals surface area contributed by atoms with E-state index < -0.39 is 113 Å². The fourth-order valence-electron chi connectivity index (χ4n) is 6.55. The number of carboxylic acid groups (broad SMARTS) is 5. The predicted molar refractivity (Wildman–Crippen MR) is 265 cm³/mol. The summed E-state index contributed by atoms with van der Waals surface area (Å²) in [5.74, 6) is -10.0. The van der Waals surface area contributed by atoms with Crippen LogP contribution in [0.1, 0.15) is 11.4 Å². The number of hydrogen-bond donors (Lipinski definition) is 8. The zero-order valence-electron chi connectivity index (χ0n) is 42.2. The van der Waals surface area contributed by atoms with Crippen molar-refractivity contribution in [3.05, 3.63) is 43.4 Å². The molecule has 2 fully saturated rings. The monoisotopic (exact) mass is 1260 g/mol. The van der Waals surface area contributed by atoms with E-state index in [0.29, 0.717) is 43.4 Å². The van der Waals surface area contributed by atoms with Crippen molar-refractivity contribution in [2.45, 2.75) is 35.9 Å². The molecule has 4 amide bonds. The fourth-order valence-corrected chi connectivity index (χ4v) is 10.7. The number of carboxylic acids is 5. The first-order valence-electron chi connectivity index (χ1n) is 21.6. The van der Waals surface area contributed by atoms with E-state index in [4.69, 9.17) is 44.6 Å². The second-order valence-corrected chi connectivity index (χ2v) is 23.5. The molecule has 6 heterocycles. The van der Waals surface area contributed by atoms with E-state index in [0.717, 1.165) is 22.7 Å². The van der Waals surface area contributed by atoms with Crippen LogP contribution in [0.15, 0.2) is 42.3 Å². The lowest BCUT2D eigenvalue weighted by Gasteiger charge is -2.50. The molecule has 448 valence electrons. The second kappa shape index (κ2) is 26.9. The largest absolute Gasteiger partial charge is 0.741 e. The Morgan fingerprint density at radius 3 is 1.23 bits per heavy atom. The van der Waals surface area contributed by atoms with Gasteiger partial charge in [0.25, 0.3) is 23.6 Å². The molecule has 2 aromatic rings. The van der Waals surface area contributed by atoms with Crippen LogP contribution in [0.2, 0.25) is 0 Å². The van der Waals surface area contributed by atoms with Crippen molar-refractivity contribution >= 4 is 131 Å². The van der Waals surface area contributed by atoms with Crippen LogP contribution in [0.3, 0.4) is 0 Å². The number of nitrogen functional groups attached to an aromatic ring is 2. The van der Waals surface area contributed by atoms with E-state index in [9.17, 15) is 74.9 Å². The lowest BCUT2D eigenvalue weighted by Crippen LogP contribution is -2.73. The lowest BCUT2D eigenvalue weighted by atomic mass is 9.94. The van der Waals surface area contributed by atoms with Crippen molar-refractivity contribution in [1.82, 2.24) is 30.4 Å². The van der Waals surface area contributed by atoms with E-state index in [1.807, 2.05) is 42.3 Å². The van der Waals surface area contributed by atoms with E-state index >= 15 is 0 Å². The smallest absolute Gasteiger partial charge is 0.485 e. The van der Waals surface area contributed by atoms with E-state index in [1.165, 1.54) is 44.1 Å². The fraction of sp³-hybridized carbons (Fsp3) is 0.462. The van der Waals surface area contributed by atoms with Gasteiger partial charge in [-0.15, -0.1) is 46.2 Å². The van der Waals surface area contributed by atoms with Gasteiger partial charge >= 0.3 is 35.6 Å². The van der Waals surface area contributed by atoms with Crippen molar-refractivity contribution in [2.24, 2.45) is 10.3 Å². The number of alkyl halides is 6. The number of amides is 4. The Balaban J connectivity index is 0.000000339. The van der Waals surface area contributed by atoms with Gasteiger partial charge < -0.3 is 75.6 Å². The summed E-state index contributed by atoms with van der Waals surface area (Å²) in [4.78, 5) is 126. The third-order valence-electron chi connectivity index (χ3n) is 9.68. The molecule has 0 radical (unpaired) electrons. The molecule has 4 aliphatic rings.